The van der Waals surface area contributed by atoms with Crippen LogP contribution in [0.15, 0.2) is 0 Å². The van der Waals surface area contributed by atoms with Gasteiger partial charge >= 0.3 is 5.97 Å². The quantitative estimate of drug-likeness (QED) is 0.822. The van der Waals surface area contributed by atoms with Crippen LogP contribution in [0.25, 0.3) is 0 Å². The number of aliphatic carboxylic acids is 1. The van der Waals surface area contributed by atoms with E-state index in [1.807, 2.05) is 4.90 Å². The molecular weight excluding hydrogens is 244 g/mol. The third kappa shape index (κ3) is 2.61. The minimum atomic E-state index is -0.686. The lowest BCUT2D eigenvalue weighted by molar-refractivity contribution is -0.140. The lowest BCUT2D eigenvalue weighted by atomic mass is 9.88. The van der Waals surface area contributed by atoms with Crippen molar-refractivity contribution >= 4 is 11.9 Å². The molecule has 1 amide bonds. The monoisotopic (exact) mass is 266 g/mol. The summed E-state index contributed by atoms with van der Waals surface area (Å²) in [7, 11) is 0. The van der Waals surface area contributed by atoms with Crippen LogP contribution < -0.4 is 0 Å². The zero-order valence-corrected chi connectivity index (χ0v) is 11.3. The Morgan fingerprint density at radius 1 is 1.11 bits per heavy atom. The average Bonchev–Trinajstić information content (AvgIpc) is 2.51. The van der Waals surface area contributed by atoms with Crippen molar-refractivity contribution in [3.63, 3.8) is 0 Å². The number of nitrogens with zero attached hydrogens (tertiary/aromatic N) is 2. The molecule has 0 spiro atoms. The Morgan fingerprint density at radius 2 is 1.74 bits per heavy atom. The molecule has 0 aromatic heterocycles. The molecule has 106 valence electrons. The van der Waals surface area contributed by atoms with Gasteiger partial charge in [0.2, 0.25) is 5.91 Å². The molecule has 3 heterocycles. The fraction of sp³-hybridized carbons (Fsp3) is 0.857. The van der Waals surface area contributed by atoms with E-state index in [1.54, 1.807) is 0 Å². The number of fused-ring (bicyclic) bond motifs is 2. The summed E-state index contributed by atoms with van der Waals surface area (Å²) in [6.07, 6.45) is 5.61. The van der Waals surface area contributed by atoms with Gasteiger partial charge in [-0.1, -0.05) is 0 Å². The summed E-state index contributed by atoms with van der Waals surface area (Å²) in [6.45, 7) is 2.39. The summed E-state index contributed by atoms with van der Waals surface area (Å²) in [6, 6.07) is 0.877. The highest BCUT2D eigenvalue weighted by molar-refractivity contribution is 5.79. The SMILES string of the molecule is O=C(O)CC1CC2CCC(C1)N2CC(=O)N1CCC1. The van der Waals surface area contributed by atoms with Crippen molar-refractivity contribution in [3.8, 4) is 0 Å². The van der Waals surface area contributed by atoms with E-state index >= 15 is 0 Å². The van der Waals surface area contributed by atoms with Crippen molar-refractivity contribution in [2.75, 3.05) is 19.6 Å². The average molecular weight is 266 g/mol. The molecule has 2 bridgehead atoms. The summed E-state index contributed by atoms with van der Waals surface area (Å²) in [4.78, 5) is 27.2. The highest BCUT2D eigenvalue weighted by Crippen LogP contribution is 2.39. The number of likely N-dealkylation sites (tertiary alicyclic amines) is 1. The van der Waals surface area contributed by atoms with Crippen molar-refractivity contribution in [2.24, 2.45) is 5.92 Å². The molecule has 1 N–H and O–H groups in total. The van der Waals surface area contributed by atoms with E-state index in [0.717, 1.165) is 45.2 Å². The summed E-state index contributed by atoms with van der Waals surface area (Å²) < 4.78 is 0. The van der Waals surface area contributed by atoms with Crippen LogP contribution in [0, 0.1) is 5.92 Å². The fourth-order valence-corrected chi connectivity index (χ4v) is 3.88. The maximum atomic E-state index is 12.1. The molecule has 0 aromatic rings. The Labute approximate surface area is 113 Å². The number of rotatable bonds is 4. The smallest absolute Gasteiger partial charge is 0.303 e. The second-order valence-corrected chi connectivity index (χ2v) is 6.23. The minimum Gasteiger partial charge on any atom is -0.481 e. The summed E-state index contributed by atoms with van der Waals surface area (Å²) in [5, 5.41) is 8.91. The molecule has 5 heteroatoms. The van der Waals surface area contributed by atoms with Gasteiger partial charge in [0, 0.05) is 31.6 Å². The maximum absolute atomic E-state index is 12.1. The van der Waals surface area contributed by atoms with Crippen molar-refractivity contribution < 1.29 is 14.7 Å². The lowest BCUT2D eigenvalue weighted by Crippen LogP contribution is -2.51. The molecule has 0 aliphatic carbocycles. The molecule has 2 unspecified atom stereocenters. The van der Waals surface area contributed by atoms with Gasteiger partial charge in [0.1, 0.15) is 0 Å². The molecule has 0 aromatic carbocycles. The molecule has 2 atom stereocenters. The van der Waals surface area contributed by atoms with Crippen LogP contribution in [0.4, 0.5) is 0 Å². The molecule has 3 fully saturated rings. The van der Waals surface area contributed by atoms with Gasteiger partial charge in [-0.15, -0.1) is 0 Å². The van der Waals surface area contributed by atoms with E-state index in [1.165, 1.54) is 0 Å². The van der Waals surface area contributed by atoms with Crippen LogP contribution >= 0.6 is 0 Å². The zero-order valence-electron chi connectivity index (χ0n) is 11.3. The molecule has 0 radical (unpaired) electrons. The van der Waals surface area contributed by atoms with E-state index < -0.39 is 5.97 Å². The number of hydrogen-bond donors (Lipinski definition) is 1. The van der Waals surface area contributed by atoms with E-state index in [-0.39, 0.29) is 5.91 Å². The Bertz CT molecular complexity index is 367. The number of carbonyl (C=O) groups excluding carboxylic acids is 1. The molecule has 0 saturated carbocycles. The number of amides is 1. The van der Waals surface area contributed by atoms with Crippen LogP contribution in [-0.4, -0.2) is 58.5 Å². The van der Waals surface area contributed by atoms with Crippen molar-refractivity contribution in [3.05, 3.63) is 0 Å². The first-order chi connectivity index (χ1) is 9.13. The lowest BCUT2D eigenvalue weighted by Gasteiger charge is -2.40. The fourth-order valence-electron chi connectivity index (χ4n) is 3.88. The molecular formula is C14H22N2O3. The third-order valence-electron chi connectivity index (χ3n) is 4.97. The van der Waals surface area contributed by atoms with Gasteiger partial charge in [-0.2, -0.15) is 0 Å². The van der Waals surface area contributed by atoms with Gasteiger partial charge in [-0.3, -0.25) is 14.5 Å². The molecule has 3 rings (SSSR count). The first-order valence-electron chi connectivity index (χ1n) is 7.39. The first-order valence-corrected chi connectivity index (χ1v) is 7.39. The van der Waals surface area contributed by atoms with E-state index in [2.05, 4.69) is 4.90 Å². The summed E-state index contributed by atoms with van der Waals surface area (Å²) in [5.41, 5.74) is 0. The Hall–Kier alpha value is -1.10. The molecule has 5 nitrogen and oxygen atoms in total. The van der Waals surface area contributed by atoms with Crippen LogP contribution in [0.3, 0.4) is 0 Å². The second kappa shape index (κ2) is 5.12. The highest BCUT2D eigenvalue weighted by Gasteiger charge is 2.42. The summed E-state index contributed by atoms with van der Waals surface area (Å²) in [5.74, 6) is -0.111. The second-order valence-electron chi connectivity index (χ2n) is 6.23. The summed E-state index contributed by atoms with van der Waals surface area (Å²) >= 11 is 0. The molecule has 3 saturated heterocycles. The maximum Gasteiger partial charge on any atom is 0.303 e. The van der Waals surface area contributed by atoms with Crippen LogP contribution in [0.2, 0.25) is 0 Å². The van der Waals surface area contributed by atoms with Gasteiger partial charge < -0.3 is 10.0 Å². The Morgan fingerprint density at radius 3 is 2.21 bits per heavy atom. The standard InChI is InChI=1S/C14H22N2O3/c17-13(15-4-1-5-15)9-16-11-2-3-12(16)7-10(6-11)8-14(18)19/h10-12H,1-9H2,(H,18,19). The number of hydrogen-bond acceptors (Lipinski definition) is 3. The normalized spacial score (nSPS) is 34.1. The zero-order chi connectivity index (χ0) is 13.4. The Balaban J connectivity index is 1.56. The van der Waals surface area contributed by atoms with Gasteiger partial charge in [-0.25, -0.2) is 0 Å². The van der Waals surface area contributed by atoms with E-state index in [9.17, 15) is 9.59 Å². The predicted molar refractivity (Wildman–Crippen MR) is 69.7 cm³/mol. The van der Waals surface area contributed by atoms with E-state index in [4.69, 9.17) is 5.11 Å². The van der Waals surface area contributed by atoms with Crippen LogP contribution in [0.5, 0.6) is 0 Å². The first kappa shape index (κ1) is 12.9. The van der Waals surface area contributed by atoms with Crippen molar-refractivity contribution in [1.82, 2.24) is 9.80 Å². The third-order valence-corrected chi connectivity index (χ3v) is 4.97. The number of carbonyl (C=O) groups is 2. The number of piperidine rings is 1. The molecule has 3 aliphatic rings. The number of carboxylic acid groups (broad SMARTS) is 1. The minimum absolute atomic E-state index is 0.264. The van der Waals surface area contributed by atoms with Gasteiger partial charge in [0.15, 0.2) is 0 Å². The van der Waals surface area contributed by atoms with Crippen LogP contribution in [0.1, 0.15) is 38.5 Å². The van der Waals surface area contributed by atoms with Gasteiger partial charge in [0.25, 0.3) is 0 Å². The van der Waals surface area contributed by atoms with Crippen molar-refractivity contribution in [1.29, 1.82) is 0 Å². The Kier molecular flexibility index (Phi) is 3.48. The van der Waals surface area contributed by atoms with Crippen LogP contribution in [-0.2, 0) is 9.59 Å². The van der Waals surface area contributed by atoms with E-state index in [0.29, 0.717) is 31.0 Å². The van der Waals surface area contributed by atoms with Gasteiger partial charge in [-0.05, 0) is 38.0 Å². The van der Waals surface area contributed by atoms with Crippen molar-refractivity contribution in [2.45, 2.75) is 50.6 Å². The predicted octanol–water partition coefficient (Wildman–Crippen LogP) is 0.936. The van der Waals surface area contributed by atoms with Gasteiger partial charge in [0.05, 0.1) is 6.54 Å². The topological polar surface area (TPSA) is 60.9 Å². The molecule has 19 heavy (non-hydrogen) atoms. The largest absolute Gasteiger partial charge is 0.481 e. The molecule has 3 aliphatic heterocycles. The highest BCUT2D eigenvalue weighted by atomic mass is 16.4. The number of carboxylic acids is 1.